The fourth-order valence-electron chi connectivity index (χ4n) is 8.32. The van der Waals surface area contributed by atoms with Crippen molar-refractivity contribution < 1.29 is 37.7 Å². The first kappa shape index (κ1) is 38.2. The summed E-state index contributed by atoms with van der Waals surface area (Å²) in [5, 5.41) is 0. The first-order chi connectivity index (χ1) is 22.9. The molecule has 0 amide bonds. The average molecular weight is 701 g/mol. The van der Waals surface area contributed by atoms with Crippen LogP contribution in [0.25, 0.3) is 0 Å². The van der Waals surface area contributed by atoms with Crippen molar-refractivity contribution >= 4 is 17.4 Å². The van der Waals surface area contributed by atoms with Crippen molar-refractivity contribution in [3.63, 3.8) is 0 Å². The van der Waals surface area contributed by atoms with Crippen molar-refractivity contribution in [2.45, 2.75) is 188 Å². The molecule has 0 radical (unpaired) electrons. The highest BCUT2D eigenvalue weighted by molar-refractivity contribution is 7.24. The normalized spacial score (nSPS) is 51.7. The summed E-state index contributed by atoms with van der Waals surface area (Å²) in [6.45, 7) is 25.9. The Morgan fingerprint density at radius 1 is 0.574 bits per heavy atom. The molecule has 47 heavy (non-hydrogen) atoms. The van der Waals surface area contributed by atoms with Crippen LogP contribution >= 0.6 is 17.4 Å². The zero-order valence-corrected chi connectivity index (χ0v) is 32.8. The smallest absolute Gasteiger partial charge is 0.181 e. The number of rotatable bonds is 12. The monoisotopic (exact) mass is 700 g/mol. The molecular formula is C36H65NO8P2. The van der Waals surface area contributed by atoms with Crippen molar-refractivity contribution in [3.8, 4) is 0 Å². The van der Waals surface area contributed by atoms with E-state index in [0.717, 1.165) is 25.7 Å². The first-order valence-electron chi connectivity index (χ1n) is 19.1. The fourth-order valence-corrected chi connectivity index (χ4v) is 9.45. The Kier molecular flexibility index (Phi) is 14.1. The van der Waals surface area contributed by atoms with Crippen molar-refractivity contribution in [3.05, 3.63) is 0 Å². The first-order valence-corrected chi connectivity index (χ1v) is 19.9. The summed E-state index contributed by atoms with van der Waals surface area (Å²) in [6.07, 6.45) is 0.845. The third-order valence-corrected chi connectivity index (χ3v) is 13.8. The fraction of sp³-hybridized carbons (Fsp3) is 1.00. The molecule has 0 bridgehead atoms. The largest absolute Gasteiger partial charge is 0.372 e. The molecule has 4 aliphatic rings. The highest BCUT2D eigenvalue weighted by Gasteiger charge is 2.51. The number of nitrogens with zero attached hydrogens (tertiary/aromatic N) is 1. The topological polar surface area (TPSA) is 94.0 Å². The molecule has 4 heterocycles. The van der Waals surface area contributed by atoms with Crippen LogP contribution in [-0.4, -0.2) is 80.7 Å². The van der Waals surface area contributed by atoms with Gasteiger partial charge in [-0.3, -0.25) is 9.31 Å². The van der Waals surface area contributed by atoms with Crippen molar-refractivity contribution in [2.24, 2.45) is 46.2 Å². The predicted molar refractivity (Wildman–Crippen MR) is 186 cm³/mol. The molecule has 4 aliphatic heterocycles. The van der Waals surface area contributed by atoms with Gasteiger partial charge in [-0.2, -0.15) is 0 Å². The van der Waals surface area contributed by atoms with E-state index in [4.69, 9.17) is 34.4 Å². The van der Waals surface area contributed by atoms with E-state index < -0.39 is 18.9 Å². The molecule has 0 aromatic carbocycles. The number of ether oxygens (including phenoxy) is 7. The Bertz CT molecular complexity index is 1040. The van der Waals surface area contributed by atoms with Gasteiger partial charge in [-0.1, -0.05) is 76.2 Å². The molecule has 0 spiro atoms. The summed E-state index contributed by atoms with van der Waals surface area (Å²) in [4.78, 5) is 0. The van der Waals surface area contributed by atoms with E-state index in [1.165, 1.54) is 0 Å². The molecule has 4 rings (SSSR count). The molecule has 4 saturated heterocycles. The molecule has 272 valence electrons. The maximum absolute atomic E-state index is 12.4. The molecule has 0 aliphatic carbocycles. The summed E-state index contributed by atoms with van der Waals surface area (Å²) in [5.74, 6) is 1.08. The molecule has 0 saturated carbocycles. The molecule has 0 N–H and O–H groups in total. The Balaban J connectivity index is 1.46. The van der Waals surface area contributed by atoms with Gasteiger partial charge in [0.2, 0.25) is 0 Å². The summed E-state index contributed by atoms with van der Waals surface area (Å²) < 4.78 is 71.6. The van der Waals surface area contributed by atoms with Gasteiger partial charge >= 0.3 is 0 Å². The number of hydrogen-bond acceptors (Lipinski definition) is 9. The Hall–Kier alpha value is -0.0800. The second-order valence-electron chi connectivity index (χ2n) is 15.2. The zero-order chi connectivity index (χ0) is 35.4. The minimum Gasteiger partial charge on any atom is -0.372 e. The lowest BCUT2D eigenvalue weighted by molar-refractivity contribution is -0.350. The van der Waals surface area contributed by atoms with Crippen LogP contribution in [0.15, 0.2) is 4.74 Å². The van der Waals surface area contributed by atoms with Gasteiger partial charge in [-0.25, -0.2) is 0 Å². The maximum Gasteiger partial charge on any atom is 0.181 e. The van der Waals surface area contributed by atoms with Crippen LogP contribution in [0.5, 0.6) is 0 Å². The molecule has 8 unspecified atom stereocenters. The predicted octanol–water partition coefficient (Wildman–Crippen LogP) is 8.55. The third kappa shape index (κ3) is 8.20. The Labute approximate surface area is 290 Å². The second-order valence-corrected chi connectivity index (χ2v) is 16.2. The van der Waals surface area contributed by atoms with E-state index >= 15 is 0 Å². The lowest BCUT2D eigenvalue weighted by Gasteiger charge is -2.51. The van der Waals surface area contributed by atoms with Gasteiger partial charge in [0.05, 0.1) is 48.4 Å². The summed E-state index contributed by atoms with van der Waals surface area (Å²) in [5.41, 5.74) is -0.146. The molecule has 11 heteroatoms. The van der Waals surface area contributed by atoms with Crippen molar-refractivity contribution in [1.29, 1.82) is 1.28 Å². The molecule has 0 aromatic rings. The zero-order valence-electron chi connectivity index (χ0n) is 32.0. The highest BCUT2D eigenvalue weighted by atomic mass is 31.1. The highest BCUT2D eigenvalue weighted by Crippen LogP contribution is 2.44. The van der Waals surface area contributed by atoms with Crippen LogP contribution < -0.4 is 0 Å². The molecule has 4 fully saturated rings. The minimum atomic E-state index is -0.503. The molecule has 20 atom stereocenters. The van der Waals surface area contributed by atoms with E-state index in [2.05, 4.69) is 87.8 Å². The van der Waals surface area contributed by atoms with E-state index in [1.807, 2.05) is 0 Å². The Morgan fingerprint density at radius 2 is 1.02 bits per heavy atom. The van der Waals surface area contributed by atoms with Gasteiger partial charge in [0.1, 0.15) is 13.4 Å². The molecule has 9 nitrogen and oxygen atoms in total. The minimum absolute atomic E-state index is 0.0258. The maximum atomic E-state index is 12.4. The van der Waals surface area contributed by atoms with E-state index in [0.29, 0.717) is 5.92 Å². The molecular weight excluding hydrogens is 632 g/mol. The third-order valence-electron chi connectivity index (χ3n) is 12.6. The second kappa shape index (κ2) is 17.4. The van der Waals surface area contributed by atoms with Crippen LogP contribution in [-0.2, 0) is 37.7 Å². The number of hydrogen-bond donors (Lipinski definition) is 0. The van der Waals surface area contributed by atoms with Crippen LogP contribution in [0, 0.1) is 41.4 Å². The van der Waals surface area contributed by atoms with Crippen LogP contribution in [0.4, 0.5) is 0 Å². The van der Waals surface area contributed by atoms with Gasteiger partial charge in [0.25, 0.3) is 0 Å². The lowest BCUT2D eigenvalue weighted by atomic mass is 9.80. The van der Waals surface area contributed by atoms with Crippen molar-refractivity contribution in [2.75, 3.05) is 0 Å². The van der Waals surface area contributed by atoms with Crippen molar-refractivity contribution in [1.82, 2.24) is 0 Å². The average Bonchev–Trinajstić information content (AvgIpc) is 3.08. The quantitative estimate of drug-likeness (QED) is 0.187. The van der Waals surface area contributed by atoms with Gasteiger partial charge in [-0.15, -0.1) is 0 Å². The van der Waals surface area contributed by atoms with Gasteiger partial charge in [0, 0.05) is 11.8 Å². The SMILES string of the molecule is [4H]/P=N\C1[C@H](O[C@@H]2C(CC)O[C@@H](O[C@@H]3C(CC)O[C@@H](O[C@@H]4C(CC)O[C@@H](C)C(C)[C@H]4P=[12O])C(C)[C@H]3C)C(C)[C@H]2C)OC(CC)[C@@H](C)[C@@H]1C. The van der Waals surface area contributed by atoms with Gasteiger partial charge in [-0.05, 0) is 71.2 Å². The standard InChI is InChI=1S/C36H65NO8P2/c1-13-25-17(5)18(6)29(37-46)36(40-25)44-31-20(8)21(9)34(41-27(31)15-3)43-30-19(7)22(10)35(42-26(30)14-2)45-32-28(16-4)39-24(12)23(11)33(32)47-38/h17-36,46H,13-16H2,1-12H3/t17-,18-,19+,20+,21?,22?,23?,24-,25?,26?,27?,28?,29?,30-,31-,32+,33+,34-,35-,36-/m0/s1/i38-4. The lowest BCUT2D eigenvalue weighted by Crippen LogP contribution is -2.59. The summed E-state index contributed by atoms with van der Waals surface area (Å²) in [6, 6.07) is -0.194. The van der Waals surface area contributed by atoms with Gasteiger partial charge < -0.3 is 33.2 Å². The van der Waals surface area contributed by atoms with Crippen LogP contribution in [0.1, 0.15) is 109 Å². The van der Waals surface area contributed by atoms with Crippen LogP contribution in [0.2, 0.25) is 0 Å². The van der Waals surface area contributed by atoms with E-state index in [1.54, 1.807) is 0 Å². The molecule has 0 aromatic heterocycles. The van der Waals surface area contributed by atoms with Gasteiger partial charge in [0.15, 0.2) is 27.3 Å². The van der Waals surface area contributed by atoms with E-state index in [9.17, 15) is 4.57 Å². The van der Waals surface area contributed by atoms with Crippen LogP contribution in [0.3, 0.4) is 0 Å². The summed E-state index contributed by atoms with van der Waals surface area (Å²) >= 11 is 0. The summed E-state index contributed by atoms with van der Waals surface area (Å²) in [7, 11) is 0.341. The van der Waals surface area contributed by atoms with E-state index in [-0.39, 0.29) is 113 Å². The Morgan fingerprint density at radius 3 is 1.49 bits per heavy atom.